The van der Waals surface area contributed by atoms with Crippen molar-refractivity contribution in [3.63, 3.8) is 0 Å². The molecule has 4 heteroatoms. The highest BCUT2D eigenvalue weighted by atomic mass is 32.2. The van der Waals surface area contributed by atoms with E-state index in [9.17, 15) is 4.79 Å². The molecule has 0 spiro atoms. The van der Waals surface area contributed by atoms with Crippen molar-refractivity contribution in [2.24, 2.45) is 0 Å². The van der Waals surface area contributed by atoms with Gasteiger partial charge in [0.2, 0.25) is 0 Å². The first-order chi connectivity index (χ1) is 13.2. The number of carbonyl (C=O) groups is 1. The highest BCUT2D eigenvalue weighted by molar-refractivity contribution is 8.03. The monoisotopic (exact) mass is 378 g/mol. The molecule has 2 aromatic rings. The molecule has 1 aliphatic rings. The average Bonchev–Trinajstić information content (AvgIpc) is 3.05. The third-order valence-electron chi connectivity index (χ3n) is 4.68. The molecule has 0 bridgehead atoms. The lowest BCUT2D eigenvalue weighted by molar-refractivity contribution is -0.110. The maximum atomic E-state index is 12.4. The number of nitrogens with zero attached hydrogens (tertiary/aromatic N) is 2. The summed E-state index contributed by atoms with van der Waals surface area (Å²) in [6.45, 7) is 9.25. The minimum atomic E-state index is 0.0107. The Morgan fingerprint density at radius 2 is 1.74 bits per heavy atom. The van der Waals surface area contributed by atoms with Crippen molar-refractivity contribution in [1.29, 1.82) is 0 Å². The van der Waals surface area contributed by atoms with E-state index >= 15 is 0 Å². The highest BCUT2D eigenvalue weighted by Gasteiger charge is 2.23. The zero-order valence-electron chi connectivity index (χ0n) is 16.2. The van der Waals surface area contributed by atoms with Gasteiger partial charge in [-0.05, 0) is 56.7 Å². The van der Waals surface area contributed by atoms with Gasteiger partial charge in [-0.2, -0.15) is 0 Å². The standard InChI is InChI=1S/C23H26N2OS/c1-4-24(5-2)19-14-11-18(12-15-19)13-16-20(26)17-23-25(6-3)21-9-7-8-10-22(21)27-23/h7-17H,4-6H2,1-3H3. The summed E-state index contributed by atoms with van der Waals surface area (Å²) in [6, 6.07) is 16.6. The molecule has 3 rings (SSSR count). The van der Waals surface area contributed by atoms with E-state index in [-0.39, 0.29) is 5.78 Å². The van der Waals surface area contributed by atoms with Crippen LogP contribution in [0.1, 0.15) is 26.3 Å². The number of thioether (sulfide) groups is 1. The molecule has 0 saturated carbocycles. The zero-order valence-corrected chi connectivity index (χ0v) is 17.0. The minimum Gasteiger partial charge on any atom is -0.372 e. The predicted molar refractivity (Wildman–Crippen MR) is 117 cm³/mol. The van der Waals surface area contributed by atoms with Gasteiger partial charge in [0.15, 0.2) is 5.78 Å². The Bertz CT molecular complexity index is 851. The first-order valence-corrected chi connectivity index (χ1v) is 10.3. The summed E-state index contributed by atoms with van der Waals surface area (Å²) < 4.78 is 0. The van der Waals surface area contributed by atoms with E-state index in [2.05, 4.69) is 67.0 Å². The largest absolute Gasteiger partial charge is 0.372 e. The maximum Gasteiger partial charge on any atom is 0.181 e. The summed E-state index contributed by atoms with van der Waals surface area (Å²) in [4.78, 5) is 18.1. The first-order valence-electron chi connectivity index (χ1n) is 9.49. The molecule has 1 aliphatic heterocycles. The van der Waals surface area contributed by atoms with Crippen LogP contribution in [0.25, 0.3) is 6.08 Å². The van der Waals surface area contributed by atoms with Crippen molar-refractivity contribution < 1.29 is 4.79 Å². The number of rotatable bonds is 7. The van der Waals surface area contributed by atoms with Crippen molar-refractivity contribution in [3.8, 4) is 0 Å². The molecule has 0 fully saturated rings. The Hall–Kier alpha value is -2.46. The van der Waals surface area contributed by atoms with Gasteiger partial charge in [-0.15, -0.1) is 0 Å². The Labute approximate surface area is 166 Å². The van der Waals surface area contributed by atoms with Gasteiger partial charge in [0.25, 0.3) is 0 Å². The Morgan fingerprint density at radius 3 is 2.41 bits per heavy atom. The van der Waals surface area contributed by atoms with Gasteiger partial charge in [-0.3, -0.25) is 4.79 Å². The number of hydrogen-bond acceptors (Lipinski definition) is 4. The number of hydrogen-bond donors (Lipinski definition) is 0. The molecule has 3 nitrogen and oxygen atoms in total. The van der Waals surface area contributed by atoms with Crippen molar-refractivity contribution in [2.45, 2.75) is 25.7 Å². The van der Waals surface area contributed by atoms with Gasteiger partial charge >= 0.3 is 0 Å². The number of carbonyl (C=O) groups excluding carboxylic acids is 1. The van der Waals surface area contributed by atoms with E-state index in [0.29, 0.717) is 0 Å². The fourth-order valence-electron chi connectivity index (χ4n) is 3.22. The number of allylic oxidation sites excluding steroid dienone is 2. The van der Waals surface area contributed by atoms with Crippen LogP contribution in [0.4, 0.5) is 11.4 Å². The lowest BCUT2D eigenvalue weighted by Crippen LogP contribution is -2.21. The van der Waals surface area contributed by atoms with E-state index < -0.39 is 0 Å². The Balaban J connectivity index is 1.70. The minimum absolute atomic E-state index is 0.0107. The van der Waals surface area contributed by atoms with Gasteiger partial charge in [0.1, 0.15) is 0 Å². The van der Waals surface area contributed by atoms with E-state index in [4.69, 9.17) is 0 Å². The van der Waals surface area contributed by atoms with Crippen molar-refractivity contribution in [3.05, 3.63) is 71.3 Å². The molecule has 27 heavy (non-hydrogen) atoms. The molecule has 0 radical (unpaired) electrons. The average molecular weight is 379 g/mol. The summed E-state index contributed by atoms with van der Waals surface area (Å²) >= 11 is 1.66. The predicted octanol–water partition coefficient (Wildman–Crippen LogP) is 5.59. The number of fused-ring (bicyclic) bond motifs is 1. The fraction of sp³-hybridized carbons (Fsp3) is 0.261. The third-order valence-corrected chi connectivity index (χ3v) is 5.79. The SMILES string of the molecule is CCN(CC)c1ccc(C=CC(=O)C=C2Sc3ccccc3N2CC)cc1. The second-order valence-corrected chi connectivity index (χ2v) is 7.36. The summed E-state index contributed by atoms with van der Waals surface area (Å²) in [6.07, 6.45) is 5.26. The number of benzene rings is 2. The van der Waals surface area contributed by atoms with Crippen molar-refractivity contribution >= 4 is 35.0 Å². The molecule has 0 N–H and O–H groups in total. The van der Waals surface area contributed by atoms with E-state index in [0.717, 1.165) is 30.2 Å². The highest BCUT2D eigenvalue weighted by Crippen LogP contribution is 2.45. The molecule has 1 heterocycles. The van der Waals surface area contributed by atoms with E-state index in [1.165, 1.54) is 16.3 Å². The van der Waals surface area contributed by atoms with Crippen molar-refractivity contribution in [1.82, 2.24) is 0 Å². The smallest absolute Gasteiger partial charge is 0.181 e. The second-order valence-electron chi connectivity index (χ2n) is 6.30. The van der Waals surface area contributed by atoms with Crippen LogP contribution in [-0.4, -0.2) is 25.4 Å². The normalized spacial score (nSPS) is 14.8. The van der Waals surface area contributed by atoms with Gasteiger partial charge in [0.05, 0.1) is 10.7 Å². The van der Waals surface area contributed by atoms with Gasteiger partial charge in [-0.1, -0.05) is 42.1 Å². The molecular formula is C23H26N2OS. The Kier molecular flexibility index (Phi) is 6.40. The van der Waals surface area contributed by atoms with E-state index in [1.807, 2.05) is 18.2 Å². The topological polar surface area (TPSA) is 23.6 Å². The Morgan fingerprint density at radius 1 is 1.04 bits per heavy atom. The van der Waals surface area contributed by atoms with Crippen LogP contribution in [0, 0.1) is 0 Å². The molecular weight excluding hydrogens is 352 g/mol. The second kappa shape index (κ2) is 8.96. The number of anilines is 2. The fourth-order valence-corrected chi connectivity index (χ4v) is 4.39. The molecule has 0 amide bonds. The molecule has 2 aromatic carbocycles. The van der Waals surface area contributed by atoms with Crippen LogP contribution in [0.15, 0.2) is 70.6 Å². The van der Waals surface area contributed by atoms with Crippen LogP contribution in [-0.2, 0) is 4.79 Å². The summed E-state index contributed by atoms with van der Waals surface area (Å²) in [7, 11) is 0. The molecule has 0 aliphatic carbocycles. The van der Waals surface area contributed by atoms with Gasteiger partial charge in [0, 0.05) is 36.3 Å². The molecule has 0 unspecified atom stereocenters. The summed E-state index contributed by atoms with van der Waals surface area (Å²) in [5, 5.41) is 0.991. The van der Waals surface area contributed by atoms with Crippen LogP contribution < -0.4 is 9.80 Å². The van der Waals surface area contributed by atoms with Gasteiger partial charge in [-0.25, -0.2) is 0 Å². The molecule has 0 atom stereocenters. The van der Waals surface area contributed by atoms with Crippen LogP contribution >= 0.6 is 11.8 Å². The van der Waals surface area contributed by atoms with Crippen molar-refractivity contribution in [2.75, 3.05) is 29.4 Å². The van der Waals surface area contributed by atoms with Gasteiger partial charge < -0.3 is 9.80 Å². The summed E-state index contributed by atoms with van der Waals surface area (Å²) in [5.74, 6) is 0.0107. The number of ketones is 1. The van der Waals surface area contributed by atoms with Crippen LogP contribution in [0.5, 0.6) is 0 Å². The molecule has 140 valence electrons. The van der Waals surface area contributed by atoms with Crippen LogP contribution in [0.3, 0.4) is 0 Å². The zero-order chi connectivity index (χ0) is 19.2. The molecule has 0 aromatic heterocycles. The quantitative estimate of drug-likeness (QED) is 0.586. The summed E-state index contributed by atoms with van der Waals surface area (Å²) in [5.41, 5.74) is 3.43. The number of para-hydroxylation sites is 1. The first kappa shape index (κ1) is 19.3. The third kappa shape index (κ3) is 4.45. The lowest BCUT2D eigenvalue weighted by Gasteiger charge is -2.20. The molecule has 0 saturated heterocycles. The maximum absolute atomic E-state index is 12.4. The van der Waals surface area contributed by atoms with E-state index in [1.54, 1.807) is 23.9 Å². The lowest BCUT2D eigenvalue weighted by atomic mass is 10.1. The van der Waals surface area contributed by atoms with Crippen LogP contribution in [0.2, 0.25) is 0 Å².